The second-order valence-electron chi connectivity index (χ2n) is 5.50. The molecule has 0 unspecified atom stereocenters. The summed E-state index contributed by atoms with van der Waals surface area (Å²) in [6.45, 7) is 10.4. The molecule has 1 rings (SSSR count). The fourth-order valence-electron chi connectivity index (χ4n) is 1.45. The Bertz CT molecular complexity index is 286. The molecule has 0 aromatic carbocycles. The average Bonchev–Trinajstić information content (AvgIpc) is 2.44. The summed E-state index contributed by atoms with van der Waals surface area (Å²) in [6.07, 6.45) is 0. The van der Waals surface area contributed by atoms with Crippen LogP contribution in [0, 0.1) is 0 Å². The van der Waals surface area contributed by atoms with Gasteiger partial charge in [0.1, 0.15) is 12.2 Å². The Balaban J connectivity index is 0.000000486. The Hall–Kier alpha value is -1.18. The molecule has 1 aliphatic rings. The molecular weight excluding hydrogens is 276 g/mol. The minimum Gasteiger partial charge on any atom is -0.462 e. The monoisotopic (exact) mass is 304 g/mol. The Morgan fingerprint density at radius 3 is 2.29 bits per heavy atom. The van der Waals surface area contributed by atoms with Crippen LogP contribution in [-0.2, 0) is 23.8 Å². The van der Waals surface area contributed by atoms with Gasteiger partial charge in [-0.05, 0) is 20.8 Å². The first-order valence-electron chi connectivity index (χ1n) is 7.07. The standard InChI is InChI=1S/C9H18N2O3.C5H10O2/c1-13-6-7-14-8-9(12)11-4-2-10-3-5-11;1-5(2,3)7-4-6/h10H,2-8H2,1H3;4H,1-3H3. The van der Waals surface area contributed by atoms with Crippen molar-refractivity contribution < 1.29 is 23.8 Å². The first kappa shape index (κ1) is 19.8. The van der Waals surface area contributed by atoms with Gasteiger partial charge >= 0.3 is 0 Å². The van der Waals surface area contributed by atoms with Gasteiger partial charge in [0.15, 0.2) is 0 Å². The number of hydrogen-bond donors (Lipinski definition) is 1. The summed E-state index contributed by atoms with van der Waals surface area (Å²) in [7, 11) is 1.61. The molecule has 1 saturated heterocycles. The summed E-state index contributed by atoms with van der Waals surface area (Å²) in [4.78, 5) is 22.9. The first-order valence-corrected chi connectivity index (χ1v) is 7.07. The number of carbonyl (C=O) groups is 2. The van der Waals surface area contributed by atoms with Crippen molar-refractivity contribution in [2.24, 2.45) is 0 Å². The number of nitrogens with zero attached hydrogens (tertiary/aromatic N) is 1. The summed E-state index contributed by atoms with van der Waals surface area (Å²) in [5.41, 5.74) is -0.318. The molecule has 124 valence electrons. The van der Waals surface area contributed by atoms with E-state index in [-0.39, 0.29) is 18.1 Å². The van der Waals surface area contributed by atoms with E-state index in [0.29, 0.717) is 19.7 Å². The zero-order valence-corrected chi connectivity index (χ0v) is 13.5. The third-order valence-corrected chi connectivity index (χ3v) is 2.53. The molecule has 0 bridgehead atoms. The lowest BCUT2D eigenvalue weighted by Gasteiger charge is -2.27. The van der Waals surface area contributed by atoms with Crippen LogP contribution in [0.25, 0.3) is 0 Å². The first-order chi connectivity index (χ1) is 9.90. The van der Waals surface area contributed by atoms with E-state index in [0.717, 1.165) is 26.2 Å². The summed E-state index contributed by atoms with van der Waals surface area (Å²) in [5.74, 6) is 0.0719. The topological polar surface area (TPSA) is 77.1 Å². The van der Waals surface area contributed by atoms with Crippen LogP contribution < -0.4 is 5.32 Å². The highest BCUT2D eigenvalue weighted by Gasteiger charge is 2.15. The van der Waals surface area contributed by atoms with Crippen molar-refractivity contribution in [2.75, 3.05) is 53.1 Å². The number of rotatable bonds is 6. The van der Waals surface area contributed by atoms with Gasteiger partial charge in [-0.1, -0.05) is 0 Å². The number of amides is 1. The molecule has 0 atom stereocenters. The highest BCUT2D eigenvalue weighted by molar-refractivity contribution is 5.77. The van der Waals surface area contributed by atoms with Crippen LogP contribution in [0.4, 0.5) is 0 Å². The van der Waals surface area contributed by atoms with Gasteiger partial charge in [-0.3, -0.25) is 9.59 Å². The second kappa shape index (κ2) is 11.5. The van der Waals surface area contributed by atoms with Crippen LogP contribution in [0.1, 0.15) is 20.8 Å². The smallest absolute Gasteiger partial charge is 0.293 e. The van der Waals surface area contributed by atoms with Crippen LogP contribution in [0.15, 0.2) is 0 Å². The van der Waals surface area contributed by atoms with E-state index in [1.54, 1.807) is 7.11 Å². The van der Waals surface area contributed by atoms with Crippen LogP contribution in [0.5, 0.6) is 0 Å². The van der Waals surface area contributed by atoms with Crippen molar-refractivity contribution in [3.8, 4) is 0 Å². The zero-order valence-electron chi connectivity index (χ0n) is 13.5. The van der Waals surface area contributed by atoms with Crippen molar-refractivity contribution in [3.63, 3.8) is 0 Å². The largest absolute Gasteiger partial charge is 0.462 e. The van der Waals surface area contributed by atoms with Crippen molar-refractivity contribution in [1.29, 1.82) is 0 Å². The molecular formula is C14H28N2O5. The Morgan fingerprint density at radius 1 is 1.24 bits per heavy atom. The van der Waals surface area contributed by atoms with Crippen molar-refractivity contribution in [3.05, 3.63) is 0 Å². The highest BCUT2D eigenvalue weighted by Crippen LogP contribution is 2.02. The van der Waals surface area contributed by atoms with Gasteiger partial charge in [0.2, 0.25) is 5.91 Å². The highest BCUT2D eigenvalue weighted by atomic mass is 16.5. The summed E-state index contributed by atoms with van der Waals surface area (Å²) in [6, 6.07) is 0. The number of hydrogen-bond acceptors (Lipinski definition) is 6. The molecule has 0 radical (unpaired) electrons. The van der Waals surface area contributed by atoms with Gasteiger partial charge in [0.05, 0.1) is 13.2 Å². The number of ether oxygens (including phenoxy) is 3. The van der Waals surface area contributed by atoms with Crippen molar-refractivity contribution in [2.45, 2.75) is 26.4 Å². The molecule has 1 fully saturated rings. The second-order valence-corrected chi connectivity index (χ2v) is 5.50. The van der Waals surface area contributed by atoms with Gasteiger partial charge in [-0.2, -0.15) is 0 Å². The maximum Gasteiger partial charge on any atom is 0.293 e. The summed E-state index contributed by atoms with van der Waals surface area (Å²) in [5, 5.41) is 3.19. The van der Waals surface area contributed by atoms with E-state index in [2.05, 4.69) is 10.1 Å². The predicted molar refractivity (Wildman–Crippen MR) is 79.0 cm³/mol. The lowest BCUT2D eigenvalue weighted by molar-refractivity contribution is -0.139. The van der Waals surface area contributed by atoms with Crippen LogP contribution in [0.3, 0.4) is 0 Å². The molecule has 1 heterocycles. The molecule has 1 aliphatic heterocycles. The molecule has 0 saturated carbocycles. The van der Waals surface area contributed by atoms with E-state index in [4.69, 9.17) is 9.47 Å². The van der Waals surface area contributed by atoms with E-state index in [1.807, 2.05) is 25.7 Å². The molecule has 1 amide bonds. The van der Waals surface area contributed by atoms with E-state index >= 15 is 0 Å². The maximum absolute atomic E-state index is 11.5. The molecule has 0 aromatic rings. The van der Waals surface area contributed by atoms with Gasteiger partial charge in [0, 0.05) is 33.3 Å². The van der Waals surface area contributed by atoms with Gasteiger partial charge in [0.25, 0.3) is 6.47 Å². The Kier molecular flexibility index (Phi) is 10.8. The normalized spacial score (nSPS) is 15.0. The van der Waals surface area contributed by atoms with Crippen LogP contribution in [0.2, 0.25) is 0 Å². The third kappa shape index (κ3) is 12.3. The lowest BCUT2D eigenvalue weighted by Crippen LogP contribution is -2.47. The number of nitrogens with one attached hydrogen (secondary N) is 1. The molecule has 1 N–H and O–H groups in total. The maximum atomic E-state index is 11.5. The van der Waals surface area contributed by atoms with E-state index in [9.17, 15) is 9.59 Å². The van der Waals surface area contributed by atoms with Crippen LogP contribution in [-0.4, -0.2) is 76.0 Å². The molecule has 0 spiro atoms. The van der Waals surface area contributed by atoms with Crippen molar-refractivity contribution in [1.82, 2.24) is 10.2 Å². The molecule has 7 nitrogen and oxygen atoms in total. The quantitative estimate of drug-likeness (QED) is 0.551. The number of carbonyl (C=O) groups excluding carboxylic acids is 2. The SMILES string of the molecule is CC(C)(C)OC=O.COCCOCC(=O)N1CCNCC1. The van der Waals surface area contributed by atoms with Gasteiger partial charge in [-0.25, -0.2) is 0 Å². The average molecular weight is 304 g/mol. The zero-order chi connectivity index (χ0) is 16.1. The third-order valence-electron chi connectivity index (χ3n) is 2.53. The van der Waals surface area contributed by atoms with Crippen molar-refractivity contribution >= 4 is 12.4 Å². The minimum absolute atomic E-state index is 0.0719. The molecule has 0 aliphatic carbocycles. The summed E-state index contributed by atoms with van der Waals surface area (Å²) < 4.78 is 14.5. The van der Waals surface area contributed by atoms with Crippen LogP contribution >= 0.6 is 0 Å². The molecule has 7 heteroatoms. The van der Waals surface area contributed by atoms with Gasteiger partial charge < -0.3 is 24.4 Å². The van der Waals surface area contributed by atoms with E-state index in [1.165, 1.54) is 0 Å². The Morgan fingerprint density at radius 2 is 1.86 bits per heavy atom. The molecule has 0 aromatic heterocycles. The summed E-state index contributed by atoms with van der Waals surface area (Å²) >= 11 is 0. The van der Waals surface area contributed by atoms with E-state index < -0.39 is 0 Å². The number of piperazine rings is 1. The fourth-order valence-corrected chi connectivity index (χ4v) is 1.45. The molecule has 21 heavy (non-hydrogen) atoms. The minimum atomic E-state index is -0.318. The predicted octanol–water partition coefficient (Wildman–Crippen LogP) is 0.0391. The lowest BCUT2D eigenvalue weighted by atomic mass is 10.2. The number of methoxy groups -OCH3 is 1. The fraction of sp³-hybridized carbons (Fsp3) is 0.857. The van der Waals surface area contributed by atoms with Gasteiger partial charge in [-0.15, -0.1) is 0 Å². The Labute approximate surface area is 126 Å².